The lowest BCUT2D eigenvalue weighted by molar-refractivity contribution is -0.148. The molecule has 0 saturated carbocycles. The van der Waals surface area contributed by atoms with Crippen molar-refractivity contribution < 1.29 is 18.0 Å². The van der Waals surface area contributed by atoms with Gasteiger partial charge in [0.1, 0.15) is 0 Å². The van der Waals surface area contributed by atoms with Gasteiger partial charge in [0.15, 0.2) is 0 Å². The Morgan fingerprint density at radius 3 is 2.67 bits per heavy atom. The van der Waals surface area contributed by atoms with Gasteiger partial charge in [0.25, 0.3) is 0 Å². The number of hydrogen-bond donors (Lipinski definition) is 1. The summed E-state index contributed by atoms with van der Waals surface area (Å²) in [6.45, 7) is 2.11. The number of likely N-dealkylation sites (tertiary alicyclic amines) is 1. The molecular weight excluding hydrogens is 247 g/mol. The third kappa shape index (κ3) is 5.36. The van der Waals surface area contributed by atoms with Gasteiger partial charge in [0, 0.05) is 32.5 Å². The second kappa shape index (κ2) is 6.05. The second-order valence-electron chi connectivity index (χ2n) is 4.67. The molecule has 2 atom stereocenters. The minimum absolute atomic E-state index is 0.0877. The van der Waals surface area contributed by atoms with Crippen molar-refractivity contribution in [2.45, 2.75) is 32.0 Å². The van der Waals surface area contributed by atoms with Crippen molar-refractivity contribution in [3.05, 3.63) is 0 Å². The number of nitriles is 1. The first-order chi connectivity index (χ1) is 8.30. The lowest BCUT2D eigenvalue weighted by Gasteiger charge is -2.37. The van der Waals surface area contributed by atoms with Crippen LogP contribution < -0.4 is 5.32 Å². The molecule has 2 unspecified atom stereocenters. The zero-order chi connectivity index (χ0) is 13.8. The van der Waals surface area contributed by atoms with E-state index < -0.39 is 18.5 Å². The number of nitrogens with one attached hydrogen (secondary N) is 1. The molecule has 1 saturated heterocycles. The molecule has 1 aliphatic rings. The van der Waals surface area contributed by atoms with E-state index in [1.165, 1.54) is 6.92 Å². The lowest BCUT2D eigenvalue weighted by atomic mass is 9.91. The highest BCUT2D eigenvalue weighted by atomic mass is 19.4. The maximum atomic E-state index is 12.4. The molecule has 0 aromatic heterocycles. The van der Waals surface area contributed by atoms with E-state index in [1.54, 1.807) is 4.90 Å². The number of piperidine rings is 1. The third-order valence-corrected chi connectivity index (χ3v) is 2.83. The Hall–Kier alpha value is -1.29. The van der Waals surface area contributed by atoms with Gasteiger partial charge >= 0.3 is 6.18 Å². The summed E-state index contributed by atoms with van der Waals surface area (Å²) in [4.78, 5) is 12.6. The van der Waals surface area contributed by atoms with Gasteiger partial charge in [-0.05, 0) is 12.3 Å². The van der Waals surface area contributed by atoms with Gasteiger partial charge in [0.2, 0.25) is 5.91 Å². The van der Waals surface area contributed by atoms with Crippen molar-refractivity contribution in [3.8, 4) is 6.07 Å². The highest BCUT2D eigenvalue weighted by molar-refractivity contribution is 5.73. The van der Waals surface area contributed by atoms with Crippen molar-refractivity contribution in [3.63, 3.8) is 0 Å². The highest BCUT2D eigenvalue weighted by Crippen LogP contribution is 2.30. The fourth-order valence-corrected chi connectivity index (χ4v) is 2.40. The van der Waals surface area contributed by atoms with Crippen LogP contribution in [-0.4, -0.2) is 42.7 Å². The largest absolute Gasteiger partial charge is 0.389 e. The van der Waals surface area contributed by atoms with E-state index in [1.807, 2.05) is 6.07 Å². The molecule has 102 valence electrons. The maximum absolute atomic E-state index is 12.4. The molecule has 7 heteroatoms. The lowest BCUT2D eigenvalue weighted by Crippen LogP contribution is -2.51. The average Bonchev–Trinajstić information content (AvgIpc) is 2.12. The Morgan fingerprint density at radius 1 is 1.50 bits per heavy atom. The van der Waals surface area contributed by atoms with E-state index in [4.69, 9.17) is 5.26 Å². The fourth-order valence-electron chi connectivity index (χ4n) is 2.40. The zero-order valence-electron chi connectivity index (χ0n) is 10.1. The molecule has 0 aromatic carbocycles. The van der Waals surface area contributed by atoms with E-state index in [0.717, 1.165) is 0 Å². The summed E-state index contributed by atoms with van der Waals surface area (Å²) in [5.74, 6) is -0.825. The molecule has 0 spiro atoms. The number of carbonyl (C=O) groups excluding carboxylic acids is 1. The summed E-state index contributed by atoms with van der Waals surface area (Å²) in [5, 5.41) is 11.2. The molecule has 0 aromatic rings. The molecule has 1 rings (SSSR count). The molecule has 4 nitrogen and oxygen atoms in total. The summed E-state index contributed by atoms with van der Waals surface area (Å²) in [6, 6.07) is 1.62. The Balaban J connectivity index is 2.62. The van der Waals surface area contributed by atoms with Crippen LogP contribution in [0, 0.1) is 17.2 Å². The van der Waals surface area contributed by atoms with Crippen molar-refractivity contribution in [1.29, 1.82) is 5.26 Å². The van der Waals surface area contributed by atoms with Crippen LogP contribution in [0.3, 0.4) is 0 Å². The predicted molar refractivity (Wildman–Crippen MR) is 58.4 cm³/mol. The summed E-state index contributed by atoms with van der Waals surface area (Å²) < 4.78 is 37.1. The molecule has 18 heavy (non-hydrogen) atoms. The summed E-state index contributed by atoms with van der Waals surface area (Å²) in [6.07, 6.45) is -4.77. The Kier molecular flexibility index (Phi) is 4.96. The van der Waals surface area contributed by atoms with Crippen molar-refractivity contribution in [2.24, 2.45) is 5.92 Å². The summed E-state index contributed by atoms with van der Waals surface area (Å²) in [5.41, 5.74) is 0. The smallest absolute Gasteiger partial charge is 0.352 e. The van der Waals surface area contributed by atoms with Crippen LogP contribution in [0.5, 0.6) is 0 Å². The molecule has 1 fully saturated rings. The zero-order valence-corrected chi connectivity index (χ0v) is 10.1. The average molecular weight is 263 g/mol. The van der Waals surface area contributed by atoms with Gasteiger partial charge in [-0.25, -0.2) is 0 Å². The molecule has 1 N–H and O–H groups in total. The number of rotatable bonds is 3. The first-order valence-electron chi connectivity index (χ1n) is 5.73. The molecule has 1 amide bonds. The van der Waals surface area contributed by atoms with Crippen LogP contribution >= 0.6 is 0 Å². The van der Waals surface area contributed by atoms with Crippen LogP contribution in [-0.2, 0) is 4.79 Å². The molecule has 1 heterocycles. The Labute approximate surface area is 104 Å². The van der Waals surface area contributed by atoms with E-state index in [0.29, 0.717) is 13.0 Å². The fraction of sp³-hybridized carbons (Fsp3) is 0.818. The number of alkyl halides is 3. The van der Waals surface area contributed by atoms with Crippen molar-refractivity contribution in [2.75, 3.05) is 19.6 Å². The highest BCUT2D eigenvalue weighted by Gasteiger charge is 2.36. The van der Waals surface area contributed by atoms with Gasteiger partial charge in [-0.3, -0.25) is 9.69 Å². The van der Waals surface area contributed by atoms with Gasteiger partial charge in [-0.2, -0.15) is 18.4 Å². The van der Waals surface area contributed by atoms with Crippen LogP contribution in [0.1, 0.15) is 19.8 Å². The topological polar surface area (TPSA) is 56.1 Å². The van der Waals surface area contributed by atoms with Gasteiger partial charge in [0.05, 0.1) is 12.6 Å². The second-order valence-corrected chi connectivity index (χ2v) is 4.67. The maximum Gasteiger partial charge on any atom is 0.389 e. The number of hydrogen-bond acceptors (Lipinski definition) is 3. The number of halogens is 3. The normalized spacial score (nSPS) is 25.5. The monoisotopic (exact) mass is 263 g/mol. The van der Waals surface area contributed by atoms with E-state index in [9.17, 15) is 18.0 Å². The molecular formula is C11H16F3N3O. The van der Waals surface area contributed by atoms with Crippen LogP contribution in [0.25, 0.3) is 0 Å². The van der Waals surface area contributed by atoms with Gasteiger partial charge in [-0.15, -0.1) is 0 Å². The predicted octanol–water partition coefficient (Wildman–Crippen LogP) is 1.29. The summed E-state index contributed by atoms with van der Waals surface area (Å²) >= 11 is 0. The van der Waals surface area contributed by atoms with Gasteiger partial charge in [-0.1, -0.05) is 0 Å². The SMILES string of the molecule is CC(=O)NC1CC(CC(F)(F)F)CN(CC#N)C1. The first kappa shape index (κ1) is 14.8. The standard InChI is InChI=1S/C11H16F3N3O/c1-8(18)16-10-4-9(5-11(12,13)14)6-17(7-10)3-2-15/h9-10H,3-7H2,1H3,(H,16,18). The van der Waals surface area contributed by atoms with E-state index >= 15 is 0 Å². The summed E-state index contributed by atoms with van der Waals surface area (Å²) in [7, 11) is 0. The van der Waals surface area contributed by atoms with Crippen LogP contribution in [0.4, 0.5) is 13.2 Å². The minimum Gasteiger partial charge on any atom is -0.352 e. The number of nitrogens with zero attached hydrogens (tertiary/aromatic N) is 2. The van der Waals surface area contributed by atoms with Gasteiger partial charge < -0.3 is 5.32 Å². The van der Waals surface area contributed by atoms with E-state index in [2.05, 4.69) is 5.32 Å². The van der Waals surface area contributed by atoms with E-state index in [-0.39, 0.29) is 25.0 Å². The molecule has 0 radical (unpaired) electrons. The van der Waals surface area contributed by atoms with Crippen molar-refractivity contribution >= 4 is 5.91 Å². The quantitative estimate of drug-likeness (QED) is 0.781. The molecule has 0 bridgehead atoms. The Bertz CT molecular complexity index is 337. The number of amides is 1. The molecule has 0 aliphatic carbocycles. The van der Waals surface area contributed by atoms with Crippen molar-refractivity contribution in [1.82, 2.24) is 10.2 Å². The van der Waals surface area contributed by atoms with Crippen LogP contribution in [0.2, 0.25) is 0 Å². The third-order valence-electron chi connectivity index (χ3n) is 2.83. The molecule has 1 aliphatic heterocycles. The first-order valence-corrected chi connectivity index (χ1v) is 5.73. The Morgan fingerprint density at radius 2 is 2.17 bits per heavy atom. The number of carbonyl (C=O) groups is 1. The minimum atomic E-state index is -4.21. The van der Waals surface area contributed by atoms with Crippen LogP contribution in [0.15, 0.2) is 0 Å².